The molecule has 0 radical (unpaired) electrons. The minimum atomic E-state index is -0.781. The van der Waals surface area contributed by atoms with E-state index in [1.807, 2.05) is 0 Å². The standard InChI is InChI=1S/C12H10BrFO2/c13-11-4-3-8(14)6-10(11)12(15)7-9-2-1-5-16-9/h1-6,12,15H,7H2. The summed E-state index contributed by atoms with van der Waals surface area (Å²) in [6.07, 6.45) is 1.09. The highest BCUT2D eigenvalue weighted by molar-refractivity contribution is 9.10. The third-order valence-electron chi connectivity index (χ3n) is 2.29. The lowest BCUT2D eigenvalue weighted by molar-refractivity contribution is 0.169. The number of furan rings is 1. The third-order valence-corrected chi connectivity index (χ3v) is 3.01. The molecule has 0 aliphatic carbocycles. The molecule has 84 valence electrons. The molecular formula is C12H10BrFO2. The molecule has 0 aliphatic heterocycles. The summed E-state index contributed by atoms with van der Waals surface area (Å²) >= 11 is 3.28. The molecule has 1 heterocycles. The molecule has 1 aromatic carbocycles. The van der Waals surface area contributed by atoms with Gasteiger partial charge in [-0.25, -0.2) is 4.39 Å². The Bertz CT molecular complexity index is 468. The summed E-state index contributed by atoms with van der Waals surface area (Å²) in [6.45, 7) is 0. The zero-order valence-corrected chi connectivity index (χ0v) is 9.95. The molecule has 2 aromatic rings. The Kier molecular flexibility index (Phi) is 3.41. The summed E-state index contributed by atoms with van der Waals surface area (Å²) in [7, 11) is 0. The fourth-order valence-electron chi connectivity index (χ4n) is 1.50. The molecule has 1 aromatic heterocycles. The predicted octanol–water partition coefficient (Wildman–Crippen LogP) is 3.46. The summed E-state index contributed by atoms with van der Waals surface area (Å²) in [5, 5.41) is 9.94. The molecule has 0 saturated carbocycles. The van der Waals surface area contributed by atoms with Crippen LogP contribution < -0.4 is 0 Å². The molecule has 1 unspecified atom stereocenters. The van der Waals surface area contributed by atoms with Crippen molar-refractivity contribution in [3.63, 3.8) is 0 Å². The Morgan fingerprint density at radius 1 is 1.38 bits per heavy atom. The van der Waals surface area contributed by atoms with Crippen molar-refractivity contribution in [2.45, 2.75) is 12.5 Å². The van der Waals surface area contributed by atoms with E-state index in [1.54, 1.807) is 24.5 Å². The summed E-state index contributed by atoms with van der Waals surface area (Å²) in [5.74, 6) is 0.306. The average Bonchev–Trinajstić information content (AvgIpc) is 2.74. The first-order valence-electron chi connectivity index (χ1n) is 4.82. The molecular weight excluding hydrogens is 275 g/mol. The molecule has 0 amide bonds. The zero-order chi connectivity index (χ0) is 11.5. The largest absolute Gasteiger partial charge is 0.469 e. The minimum Gasteiger partial charge on any atom is -0.469 e. The van der Waals surface area contributed by atoms with Gasteiger partial charge in [-0.3, -0.25) is 0 Å². The number of hydrogen-bond acceptors (Lipinski definition) is 2. The first kappa shape index (κ1) is 11.4. The van der Waals surface area contributed by atoms with Gasteiger partial charge in [0, 0.05) is 10.9 Å². The van der Waals surface area contributed by atoms with Crippen LogP contribution in [0.25, 0.3) is 0 Å². The maximum atomic E-state index is 13.0. The molecule has 1 N–H and O–H groups in total. The lowest BCUT2D eigenvalue weighted by atomic mass is 10.1. The Morgan fingerprint density at radius 3 is 2.88 bits per heavy atom. The molecule has 0 saturated heterocycles. The zero-order valence-electron chi connectivity index (χ0n) is 8.36. The first-order chi connectivity index (χ1) is 7.66. The van der Waals surface area contributed by atoms with Gasteiger partial charge in [-0.05, 0) is 35.9 Å². The van der Waals surface area contributed by atoms with Gasteiger partial charge in [-0.1, -0.05) is 15.9 Å². The van der Waals surface area contributed by atoms with E-state index in [1.165, 1.54) is 12.1 Å². The molecule has 0 aliphatic rings. The number of benzene rings is 1. The Morgan fingerprint density at radius 2 is 2.19 bits per heavy atom. The van der Waals surface area contributed by atoms with E-state index < -0.39 is 6.10 Å². The molecule has 0 fully saturated rings. The smallest absolute Gasteiger partial charge is 0.123 e. The predicted molar refractivity (Wildman–Crippen MR) is 61.5 cm³/mol. The molecule has 4 heteroatoms. The quantitative estimate of drug-likeness (QED) is 0.937. The fraction of sp³-hybridized carbons (Fsp3) is 0.167. The van der Waals surface area contributed by atoms with Gasteiger partial charge in [-0.2, -0.15) is 0 Å². The lowest BCUT2D eigenvalue weighted by Gasteiger charge is -2.11. The number of aliphatic hydroxyl groups is 1. The topological polar surface area (TPSA) is 33.4 Å². The van der Waals surface area contributed by atoms with Crippen molar-refractivity contribution in [3.8, 4) is 0 Å². The Balaban J connectivity index is 2.20. The number of halogens is 2. The van der Waals surface area contributed by atoms with Gasteiger partial charge in [0.15, 0.2) is 0 Å². The van der Waals surface area contributed by atoms with Gasteiger partial charge in [0.25, 0.3) is 0 Å². The van der Waals surface area contributed by atoms with Crippen molar-refractivity contribution in [1.29, 1.82) is 0 Å². The number of hydrogen-bond donors (Lipinski definition) is 1. The van der Waals surface area contributed by atoms with Gasteiger partial charge in [0.2, 0.25) is 0 Å². The molecule has 2 nitrogen and oxygen atoms in total. The van der Waals surface area contributed by atoms with E-state index in [0.29, 0.717) is 22.2 Å². The first-order valence-corrected chi connectivity index (χ1v) is 5.61. The van der Waals surface area contributed by atoms with Gasteiger partial charge >= 0.3 is 0 Å². The second-order valence-corrected chi connectivity index (χ2v) is 4.32. The van der Waals surface area contributed by atoms with Crippen molar-refractivity contribution < 1.29 is 13.9 Å². The van der Waals surface area contributed by atoms with Gasteiger partial charge in [-0.15, -0.1) is 0 Å². The van der Waals surface area contributed by atoms with Crippen LogP contribution in [-0.2, 0) is 6.42 Å². The summed E-state index contributed by atoms with van der Waals surface area (Å²) in [5.41, 5.74) is 0.524. The van der Waals surface area contributed by atoms with Crippen molar-refractivity contribution in [2.75, 3.05) is 0 Å². The lowest BCUT2D eigenvalue weighted by Crippen LogP contribution is -2.02. The fourth-order valence-corrected chi connectivity index (χ4v) is 2.01. The normalized spacial score (nSPS) is 12.7. The van der Waals surface area contributed by atoms with Crippen LogP contribution >= 0.6 is 15.9 Å². The maximum Gasteiger partial charge on any atom is 0.123 e. The van der Waals surface area contributed by atoms with Crippen LogP contribution in [-0.4, -0.2) is 5.11 Å². The van der Waals surface area contributed by atoms with Crippen LogP contribution in [0.2, 0.25) is 0 Å². The van der Waals surface area contributed by atoms with E-state index in [2.05, 4.69) is 15.9 Å². The molecule has 1 atom stereocenters. The Hall–Kier alpha value is -1.13. The summed E-state index contributed by atoms with van der Waals surface area (Å²) < 4.78 is 18.8. The SMILES string of the molecule is OC(Cc1ccco1)c1cc(F)ccc1Br. The monoisotopic (exact) mass is 284 g/mol. The Labute approximate surface area is 101 Å². The van der Waals surface area contributed by atoms with E-state index in [9.17, 15) is 9.50 Å². The second kappa shape index (κ2) is 4.80. The van der Waals surface area contributed by atoms with Crippen molar-refractivity contribution in [1.82, 2.24) is 0 Å². The number of aliphatic hydroxyl groups excluding tert-OH is 1. The molecule has 2 rings (SSSR count). The van der Waals surface area contributed by atoms with Gasteiger partial charge < -0.3 is 9.52 Å². The van der Waals surface area contributed by atoms with Crippen molar-refractivity contribution >= 4 is 15.9 Å². The van der Waals surface area contributed by atoms with E-state index in [0.717, 1.165) is 0 Å². The highest BCUT2D eigenvalue weighted by atomic mass is 79.9. The third kappa shape index (κ3) is 2.51. The highest BCUT2D eigenvalue weighted by Crippen LogP contribution is 2.26. The van der Waals surface area contributed by atoms with Crippen LogP contribution in [0.4, 0.5) is 4.39 Å². The van der Waals surface area contributed by atoms with Crippen LogP contribution in [0.3, 0.4) is 0 Å². The van der Waals surface area contributed by atoms with E-state index in [4.69, 9.17) is 4.42 Å². The van der Waals surface area contributed by atoms with Crippen molar-refractivity contribution in [2.24, 2.45) is 0 Å². The van der Waals surface area contributed by atoms with Gasteiger partial charge in [0.05, 0.1) is 12.4 Å². The van der Waals surface area contributed by atoms with Crippen LogP contribution in [0.5, 0.6) is 0 Å². The summed E-state index contributed by atoms with van der Waals surface area (Å²) in [4.78, 5) is 0. The number of rotatable bonds is 3. The van der Waals surface area contributed by atoms with Crippen molar-refractivity contribution in [3.05, 3.63) is 58.2 Å². The second-order valence-electron chi connectivity index (χ2n) is 3.47. The average molecular weight is 285 g/mol. The van der Waals surface area contributed by atoms with Gasteiger partial charge in [0.1, 0.15) is 11.6 Å². The maximum absolute atomic E-state index is 13.0. The molecule has 0 bridgehead atoms. The molecule has 0 spiro atoms. The molecule has 16 heavy (non-hydrogen) atoms. The van der Waals surface area contributed by atoms with E-state index in [-0.39, 0.29) is 5.82 Å². The highest BCUT2D eigenvalue weighted by Gasteiger charge is 2.14. The van der Waals surface area contributed by atoms with Crippen LogP contribution in [0.15, 0.2) is 45.5 Å². The minimum absolute atomic E-state index is 0.328. The van der Waals surface area contributed by atoms with Crippen LogP contribution in [0, 0.1) is 5.82 Å². The van der Waals surface area contributed by atoms with Crippen LogP contribution in [0.1, 0.15) is 17.4 Å². The van der Waals surface area contributed by atoms with E-state index >= 15 is 0 Å². The summed E-state index contributed by atoms with van der Waals surface area (Å²) in [6, 6.07) is 7.76.